The summed E-state index contributed by atoms with van der Waals surface area (Å²) in [5, 5.41) is 19.7. The fourth-order valence-corrected chi connectivity index (χ4v) is 5.15. The first-order chi connectivity index (χ1) is 20.4. The molecule has 208 valence electrons. The molecule has 2 heterocycles. The molecule has 2 aliphatic rings. The summed E-state index contributed by atoms with van der Waals surface area (Å²) in [6.45, 7) is 0.356. The molecule has 1 saturated carbocycles. The molecule has 10 heteroatoms. The van der Waals surface area contributed by atoms with Crippen LogP contribution in [0, 0.1) is 17.1 Å². The number of ether oxygens (including phenoxy) is 1. The van der Waals surface area contributed by atoms with Crippen molar-refractivity contribution in [2.45, 2.75) is 30.9 Å². The van der Waals surface area contributed by atoms with Crippen LogP contribution in [0.2, 0.25) is 5.02 Å². The number of pyridine rings is 1. The number of nitrogens with zero attached hydrogens (tertiary/aromatic N) is 3. The molecule has 3 aromatic carbocycles. The van der Waals surface area contributed by atoms with Crippen molar-refractivity contribution < 1.29 is 10.5 Å². The summed E-state index contributed by atoms with van der Waals surface area (Å²) in [7, 11) is 1.63. The summed E-state index contributed by atoms with van der Waals surface area (Å²) in [4.78, 5) is 4.47. The Morgan fingerprint density at radius 3 is 2.66 bits per heavy atom. The van der Waals surface area contributed by atoms with Crippen molar-refractivity contribution in [2.24, 2.45) is 0 Å². The van der Waals surface area contributed by atoms with E-state index in [2.05, 4.69) is 32.6 Å². The normalized spacial score (nSPS) is 17.2. The number of methoxy groups -OCH3 is 1. The van der Waals surface area contributed by atoms with Gasteiger partial charge >= 0.3 is 0 Å². The van der Waals surface area contributed by atoms with Gasteiger partial charge in [-0.3, -0.25) is 9.99 Å². The molecule has 6 rings (SSSR count). The minimum Gasteiger partial charge on any atom is -0.382 e. The number of fused-ring (bicyclic) bond motifs is 1. The highest BCUT2D eigenvalue weighted by atomic mass is 35.5. The third kappa shape index (κ3) is 5.77. The number of aromatic nitrogens is 1. The summed E-state index contributed by atoms with van der Waals surface area (Å²) >= 11 is 6.77. The van der Waals surface area contributed by atoms with Gasteiger partial charge in [-0.05, 0) is 48.2 Å². The average molecular weight is 571 g/mol. The number of nitriles is 1. The highest BCUT2D eigenvalue weighted by Gasteiger charge is 2.32. The first-order valence-electron chi connectivity index (χ1n) is 13.8. The number of hydrogen-bond donors (Lipinski definition) is 4. The van der Waals surface area contributed by atoms with Crippen molar-refractivity contribution in [3.05, 3.63) is 112 Å². The number of hydrazine groups is 2. The van der Waals surface area contributed by atoms with Gasteiger partial charge in [-0.2, -0.15) is 5.26 Å². The molecule has 1 aliphatic carbocycles. The molecular weight excluding hydrogens is 541 g/mol. The van der Waals surface area contributed by atoms with Crippen LogP contribution in [0.1, 0.15) is 43.0 Å². The second-order valence-corrected chi connectivity index (χ2v) is 10.4. The molecule has 0 radical (unpaired) electrons. The highest BCUT2D eigenvalue weighted by molar-refractivity contribution is 6.35. The van der Waals surface area contributed by atoms with Crippen molar-refractivity contribution in [3.63, 3.8) is 0 Å². The zero-order chi connectivity index (χ0) is 29.3. The highest BCUT2D eigenvalue weighted by Crippen LogP contribution is 2.37. The second kappa shape index (κ2) is 11.6. The van der Waals surface area contributed by atoms with Crippen LogP contribution in [0.5, 0.6) is 0 Å². The molecule has 1 aliphatic heterocycles. The molecular formula is C31H29ClFN7O. The van der Waals surface area contributed by atoms with Gasteiger partial charge in [0.1, 0.15) is 11.9 Å². The number of nitrogens with one attached hydrogen (secondary N) is 4. The lowest BCUT2D eigenvalue weighted by Crippen LogP contribution is -2.38. The predicted octanol–water partition coefficient (Wildman–Crippen LogP) is 6.18. The van der Waals surface area contributed by atoms with E-state index in [1.807, 2.05) is 47.6 Å². The third-order valence-electron chi connectivity index (χ3n) is 7.10. The molecule has 41 heavy (non-hydrogen) atoms. The average Bonchev–Trinajstić information content (AvgIpc) is 3.73. The molecule has 4 aromatic rings. The minimum absolute atomic E-state index is 0.258. The summed E-state index contributed by atoms with van der Waals surface area (Å²) < 4.78 is 29.0. The lowest BCUT2D eigenvalue weighted by Gasteiger charge is -2.24. The second-order valence-electron chi connectivity index (χ2n) is 10.0. The molecule has 0 saturated heterocycles. The van der Waals surface area contributed by atoms with Crippen molar-refractivity contribution in [3.8, 4) is 6.07 Å². The Kier molecular flexibility index (Phi) is 7.26. The zero-order valence-electron chi connectivity index (χ0n) is 23.3. The van der Waals surface area contributed by atoms with Crippen LogP contribution in [-0.2, 0) is 4.74 Å². The van der Waals surface area contributed by atoms with Crippen LogP contribution >= 0.6 is 11.6 Å². The van der Waals surface area contributed by atoms with Crippen LogP contribution in [0.25, 0.3) is 10.9 Å². The van der Waals surface area contributed by atoms with Gasteiger partial charge in [0.05, 0.1) is 47.5 Å². The first-order valence-corrected chi connectivity index (χ1v) is 13.7. The van der Waals surface area contributed by atoms with E-state index in [1.54, 1.807) is 25.3 Å². The van der Waals surface area contributed by atoms with Crippen LogP contribution < -0.4 is 21.6 Å². The minimum atomic E-state index is -1.54. The van der Waals surface area contributed by atoms with Crippen molar-refractivity contribution >= 4 is 33.9 Å². The SMILES string of the molecule is [2H][C@](Nc1cc(Cl)c2ncc(C#N)c(N[C@H](COC)c3ccccc3)c2c1)(C1=CN(C2CC2)NN1)c1ccc(F)cc1. The third-order valence-corrected chi connectivity index (χ3v) is 7.39. The Bertz CT molecular complexity index is 1680. The maximum Gasteiger partial charge on any atom is 0.123 e. The lowest BCUT2D eigenvalue weighted by molar-refractivity contribution is 0.186. The standard InChI is InChI=1S/C31H29ClFN7O/c1-41-18-28(19-5-3-2-4-6-19)37-29-21(15-34)16-35-31-25(29)13-23(14-26(31)32)36-30(20-7-9-22(33)10-8-20)27-17-40(39-38-27)24-11-12-24/h2-10,13-14,16-17,24,28,30,36,38-39H,11-12,18H2,1H3,(H,35,37)/t28-,30-/m1/s1/i30D. The van der Waals surface area contributed by atoms with Crippen LogP contribution in [0.15, 0.2) is 84.8 Å². The molecule has 0 amide bonds. The van der Waals surface area contributed by atoms with Crippen molar-refractivity contribution in [1.29, 1.82) is 5.26 Å². The number of anilines is 2. The van der Waals surface area contributed by atoms with Gasteiger partial charge < -0.3 is 20.8 Å². The van der Waals surface area contributed by atoms with Crippen molar-refractivity contribution in [1.82, 2.24) is 21.0 Å². The van der Waals surface area contributed by atoms with E-state index in [9.17, 15) is 11.0 Å². The van der Waals surface area contributed by atoms with E-state index in [1.165, 1.54) is 18.3 Å². The van der Waals surface area contributed by atoms with Gasteiger partial charge in [0.15, 0.2) is 0 Å². The van der Waals surface area contributed by atoms with Crippen LogP contribution in [-0.4, -0.2) is 29.8 Å². The maximum absolute atomic E-state index is 13.9. The molecule has 1 fully saturated rings. The van der Waals surface area contributed by atoms with Crippen LogP contribution in [0.4, 0.5) is 15.8 Å². The quantitative estimate of drug-likeness (QED) is 0.179. The molecule has 0 spiro atoms. The monoisotopic (exact) mass is 570 g/mol. The summed E-state index contributed by atoms with van der Waals surface area (Å²) in [5.74, 6) is -0.393. The summed E-state index contributed by atoms with van der Waals surface area (Å²) in [5.41, 5.74) is 10.2. The fraction of sp³-hybridized carbons (Fsp3) is 0.226. The number of benzene rings is 3. The Labute approximate surface area is 244 Å². The summed E-state index contributed by atoms with van der Waals surface area (Å²) in [6, 6.07) is 20.0. The number of rotatable bonds is 10. The Morgan fingerprint density at radius 2 is 1.95 bits per heavy atom. The Balaban J connectivity index is 1.44. The van der Waals surface area contributed by atoms with Crippen LogP contribution in [0.3, 0.4) is 0 Å². The van der Waals surface area contributed by atoms with E-state index < -0.39 is 11.8 Å². The van der Waals surface area contributed by atoms with Gasteiger partial charge in [0.2, 0.25) is 0 Å². The lowest BCUT2D eigenvalue weighted by atomic mass is 10.0. The molecule has 4 N–H and O–H groups in total. The Morgan fingerprint density at radius 1 is 1.17 bits per heavy atom. The largest absolute Gasteiger partial charge is 0.382 e. The molecule has 0 unspecified atom stereocenters. The van der Waals surface area contributed by atoms with Gasteiger partial charge in [-0.15, -0.1) is 5.53 Å². The van der Waals surface area contributed by atoms with Gasteiger partial charge in [-0.25, -0.2) is 4.39 Å². The van der Waals surface area contributed by atoms with Gasteiger partial charge in [0, 0.05) is 36.6 Å². The molecule has 0 bridgehead atoms. The number of halogens is 2. The molecule has 2 atom stereocenters. The smallest absolute Gasteiger partial charge is 0.123 e. The maximum atomic E-state index is 13.9. The zero-order valence-corrected chi connectivity index (χ0v) is 23.0. The van der Waals surface area contributed by atoms with E-state index in [0.717, 1.165) is 18.4 Å². The topological polar surface area (TPSA) is 97.3 Å². The Hall–Kier alpha value is -4.36. The van der Waals surface area contributed by atoms with E-state index >= 15 is 0 Å². The fourth-order valence-electron chi connectivity index (χ4n) is 4.88. The number of hydrogen-bond acceptors (Lipinski definition) is 8. The van der Waals surface area contributed by atoms with E-state index in [0.29, 0.717) is 56.8 Å². The first kappa shape index (κ1) is 25.6. The predicted molar refractivity (Wildman–Crippen MR) is 158 cm³/mol. The van der Waals surface area contributed by atoms with E-state index in [-0.39, 0.29) is 6.04 Å². The molecule has 1 aromatic heterocycles. The van der Waals surface area contributed by atoms with Crippen molar-refractivity contribution in [2.75, 3.05) is 24.4 Å². The van der Waals surface area contributed by atoms with Gasteiger partial charge in [-0.1, -0.05) is 54.1 Å². The summed E-state index contributed by atoms with van der Waals surface area (Å²) in [6.07, 6.45) is 5.48. The molecule has 8 nitrogen and oxygen atoms in total. The van der Waals surface area contributed by atoms with E-state index in [4.69, 9.17) is 16.3 Å². The van der Waals surface area contributed by atoms with Gasteiger partial charge in [0.25, 0.3) is 0 Å².